The van der Waals surface area contributed by atoms with Gasteiger partial charge in [-0.3, -0.25) is 0 Å². The van der Waals surface area contributed by atoms with Crippen LogP contribution in [0, 0.1) is 6.92 Å². The molecular formula is C3H8N-. The zero-order valence-electron chi connectivity index (χ0n) is 2.86. The molecule has 0 bridgehead atoms. The number of hydrogen-bond acceptors (Lipinski definition) is 1. The van der Waals surface area contributed by atoms with Gasteiger partial charge in [-0.05, 0) is 0 Å². The standard InChI is InChI=1S/C3H8N/c1-3(2)4/h3H,1,4H2,2H3/q-1. The van der Waals surface area contributed by atoms with Gasteiger partial charge in [0.15, 0.2) is 0 Å². The summed E-state index contributed by atoms with van der Waals surface area (Å²) < 4.78 is 0. The fourth-order valence-electron chi connectivity index (χ4n) is 0. The van der Waals surface area contributed by atoms with E-state index in [-0.39, 0.29) is 6.04 Å². The highest BCUT2D eigenvalue weighted by atomic mass is 14.6. The fourth-order valence-corrected chi connectivity index (χ4v) is 0. The van der Waals surface area contributed by atoms with E-state index in [4.69, 9.17) is 5.73 Å². The lowest BCUT2D eigenvalue weighted by Crippen LogP contribution is -2.07. The lowest BCUT2D eigenvalue weighted by atomic mass is 10.5. The van der Waals surface area contributed by atoms with Gasteiger partial charge in [0.05, 0.1) is 0 Å². The highest BCUT2D eigenvalue weighted by Gasteiger charge is 1.55. The summed E-state index contributed by atoms with van der Waals surface area (Å²) in [5.74, 6) is 0. The Balaban J connectivity index is 2.32. The predicted molar refractivity (Wildman–Crippen MR) is 19.0 cm³/mol. The first kappa shape index (κ1) is 3.96. The zero-order valence-corrected chi connectivity index (χ0v) is 2.86. The molecule has 0 saturated heterocycles. The Labute approximate surface area is 26.8 Å². The molecule has 26 valence electrons. The molecule has 0 aromatic heterocycles. The van der Waals surface area contributed by atoms with E-state index in [1.807, 2.05) is 6.92 Å². The van der Waals surface area contributed by atoms with Crippen LogP contribution in [0.5, 0.6) is 0 Å². The van der Waals surface area contributed by atoms with Gasteiger partial charge in [0.2, 0.25) is 0 Å². The van der Waals surface area contributed by atoms with E-state index in [2.05, 4.69) is 6.92 Å². The van der Waals surface area contributed by atoms with Gasteiger partial charge >= 0.3 is 0 Å². The molecule has 0 aromatic rings. The Morgan fingerprint density at radius 1 is 2.00 bits per heavy atom. The summed E-state index contributed by atoms with van der Waals surface area (Å²) in [6.45, 7) is 5.25. The van der Waals surface area contributed by atoms with Crippen LogP contribution in [0.3, 0.4) is 0 Å². The number of nitrogens with two attached hydrogens (primary N) is 1. The van der Waals surface area contributed by atoms with E-state index in [1.54, 1.807) is 0 Å². The summed E-state index contributed by atoms with van der Waals surface area (Å²) in [7, 11) is 0. The van der Waals surface area contributed by atoms with Crippen molar-refractivity contribution in [3.05, 3.63) is 6.92 Å². The van der Waals surface area contributed by atoms with Gasteiger partial charge in [-0.1, -0.05) is 6.92 Å². The van der Waals surface area contributed by atoms with Crippen LogP contribution in [0.4, 0.5) is 0 Å². The summed E-state index contributed by atoms with van der Waals surface area (Å²) in [6.07, 6.45) is 0. The van der Waals surface area contributed by atoms with Gasteiger partial charge in [0.1, 0.15) is 0 Å². The molecule has 0 aliphatic heterocycles. The highest BCUT2D eigenvalue weighted by Crippen LogP contribution is 1.56. The minimum atomic E-state index is 0.0833. The van der Waals surface area contributed by atoms with Crippen molar-refractivity contribution in [1.29, 1.82) is 0 Å². The van der Waals surface area contributed by atoms with Crippen molar-refractivity contribution < 1.29 is 0 Å². The van der Waals surface area contributed by atoms with Crippen molar-refractivity contribution in [3.63, 3.8) is 0 Å². The quantitative estimate of drug-likeness (QED) is 0.395. The Bertz CT molecular complexity index is 8.00. The summed E-state index contributed by atoms with van der Waals surface area (Å²) >= 11 is 0. The van der Waals surface area contributed by atoms with Crippen LogP contribution in [0.15, 0.2) is 0 Å². The molecule has 1 heteroatoms. The highest BCUT2D eigenvalue weighted by molar-refractivity contribution is 4.49. The average molecular weight is 58.1 g/mol. The monoisotopic (exact) mass is 58.1 g/mol. The van der Waals surface area contributed by atoms with E-state index in [0.717, 1.165) is 0 Å². The molecule has 0 aromatic carbocycles. The van der Waals surface area contributed by atoms with Crippen LogP contribution in [0.25, 0.3) is 0 Å². The molecule has 0 radical (unpaired) electrons. The van der Waals surface area contributed by atoms with Crippen LogP contribution < -0.4 is 5.73 Å². The molecule has 0 aliphatic carbocycles. The Kier molecular flexibility index (Phi) is 1.28. The minimum Gasteiger partial charge on any atom is -0.357 e. The van der Waals surface area contributed by atoms with Crippen molar-refractivity contribution in [1.82, 2.24) is 0 Å². The van der Waals surface area contributed by atoms with Gasteiger partial charge in [-0.25, -0.2) is 0 Å². The Hall–Kier alpha value is -0.0400. The van der Waals surface area contributed by atoms with Crippen molar-refractivity contribution in [2.45, 2.75) is 13.0 Å². The van der Waals surface area contributed by atoms with Crippen LogP contribution in [0.2, 0.25) is 0 Å². The van der Waals surface area contributed by atoms with E-state index in [0.29, 0.717) is 0 Å². The predicted octanol–water partition coefficient (Wildman–Crippen LogP) is 0.168. The lowest BCUT2D eigenvalue weighted by molar-refractivity contribution is 0.923. The maximum absolute atomic E-state index is 5.00. The first-order valence-electron chi connectivity index (χ1n) is 1.32. The molecule has 4 heavy (non-hydrogen) atoms. The van der Waals surface area contributed by atoms with Crippen molar-refractivity contribution in [2.75, 3.05) is 0 Å². The zero-order chi connectivity index (χ0) is 3.58. The lowest BCUT2D eigenvalue weighted by Gasteiger charge is -1.93. The van der Waals surface area contributed by atoms with Crippen molar-refractivity contribution in [3.8, 4) is 0 Å². The van der Waals surface area contributed by atoms with Gasteiger partial charge in [-0.2, -0.15) is 0 Å². The average Bonchev–Trinajstić information content (AvgIpc) is 0.811. The first-order valence-corrected chi connectivity index (χ1v) is 1.32. The Morgan fingerprint density at radius 3 is 2.00 bits per heavy atom. The SMILES string of the molecule is [CH2-]C(C)N. The largest absolute Gasteiger partial charge is 0.357 e. The van der Waals surface area contributed by atoms with E-state index >= 15 is 0 Å². The van der Waals surface area contributed by atoms with Crippen LogP contribution in [-0.2, 0) is 0 Å². The molecule has 0 saturated carbocycles. The summed E-state index contributed by atoms with van der Waals surface area (Å²) in [6, 6.07) is 0.0833. The number of rotatable bonds is 0. The second-order valence-corrected chi connectivity index (χ2v) is 0.977. The maximum atomic E-state index is 5.00. The molecule has 0 heterocycles. The maximum Gasteiger partial charge on any atom is -0.0783 e. The third-order valence-corrected chi connectivity index (χ3v) is 0. The molecule has 0 rings (SSSR count). The summed E-state index contributed by atoms with van der Waals surface area (Å²) in [5, 5.41) is 0. The molecule has 1 unspecified atom stereocenters. The van der Waals surface area contributed by atoms with Crippen LogP contribution in [0.1, 0.15) is 6.92 Å². The normalized spacial score (nSPS) is 15.8. The van der Waals surface area contributed by atoms with Crippen molar-refractivity contribution in [2.24, 2.45) is 5.73 Å². The molecule has 0 amide bonds. The molecule has 0 spiro atoms. The number of hydrogen-bond donors (Lipinski definition) is 1. The van der Waals surface area contributed by atoms with E-state index < -0.39 is 0 Å². The molecule has 0 aliphatic rings. The molecule has 1 nitrogen and oxygen atoms in total. The summed E-state index contributed by atoms with van der Waals surface area (Å²) in [4.78, 5) is 0. The second-order valence-electron chi connectivity index (χ2n) is 0.977. The van der Waals surface area contributed by atoms with E-state index in [9.17, 15) is 0 Å². The van der Waals surface area contributed by atoms with Crippen LogP contribution in [-0.4, -0.2) is 6.04 Å². The topological polar surface area (TPSA) is 26.0 Å². The minimum absolute atomic E-state index is 0.0833. The van der Waals surface area contributed by atoms with E-state index in [1.165, 1.54) is 0 Å². The Morgan fingerprint density at radius 2 is 2.00 bits per heavy atom. The third kappa shape index (κ3) is 1130. The van der Waals surface area contributed by atoms with Crippen molar-refractivity contribution >= 4 is 0 Å². The van der Waals surface area contributed by atoms with Gasteiger partial charge in [-0.15, -0.1) is 6.04 Å². The molecule has 1 atom stereocenters. The van der Waals surface area contributed by atoms with Gasteiger partial charge in [0.25, 0.3) is 0 Å². The second kappa shape index (κ2) is 1.30. The van der Waals surface area contributed by atoms with Gasteiger partial charge < -0.3 is 12.7 Å². The first-order chi connectivity index (χ1) is 1.73. The third-order valence-electron chi connectivity index (χ3n) is 0. The smallest absolute Gasteiger partial charge is 0.0783 e. The molecule has 2 N–H and O–H groups in total. The van der Waals surface area contributed by atoms with Gasteiger partial charge in [0, 0.05) is 0 Å². The molecule has 0 fully saturated rings. The molecular weight excluding hydrogens is 50.0 g/mol. The fraction of sp³-hybridized carbons (Fsp3) is 0.667. The summed E-state index contributed by atoms with van der Waals surface area (Å²) in [5.41, 5.74) is 5.00. The van der Waals surface area contributed by atoms with Crippen LogP contribution >= 0.6 is 0 Å².